The van der Waals surface area contributed by atoms with Crippen molar-refractivity contribution in [2.45, 2.75) is 12.2 Å². The summed E-state index contributed by atoms with van der Waals surface area (Å²) in [7, 11) is 0. The second-order valence-corrected chi connectivity index (χ2v) is 3.34. The predicted molar refractivity (Wildman–Crippen MR) is 58.3 cm³/mol. The molecule has 0 aromatic heterocycles. The van der Waals surface area contributed by atoms with Gasteiger partial charge < -0.3 is 26.4 Å². The first-order valence-electron chi connectivity index (χ1n) is 4.67. The first kappa shape index (κ1) is 12.9. The van der Waals surface area contributed by atoms with Crippen molar-refractivity contribution >= 4 is 17.7 Å². The standard InChI is InChI=1S/C10H12N2O5/c11-10(17)12-6-3-1-5(2-4-6)7(13)8(14)9(15)16/h1-4,7-8,13-14H,(H,15,16)(H3,11,12,17). The maximum absolute atomic E-state index is 10.5. The van der Waals surface area contributed by atoms with Crippen LogP contribution in [0.3, 0.4) is 0 Å². The number of rotatable bonds is 4. The minimum absolute atomic E-state index is 0.218. The number of urea groups is 1. The van der Waals surface area contributed by atoms with E-state index in [4.69, 9.17) is 15.9 Å². The van der Waals surface area contributed by atoms with Gasteiger partial charge in [-0.1, -0.05) is 12.1 Å². The summed E-state index contributed by atoms with van der Waals surface area (Å²) in [6.07, 6.45) is -3.43. The number of aliphatic hydroxyl groups is 2. The highest BCUT2D eigenvalue weighted by atomic mass is 16.4. The van der Waals surface area contributed by atoms with Crippen LogP contribution in [0.25, 0.3) is 0 Å². The molecule has 0 aliphatic heterocycles. The molecular formula is C10H12N2O5. The number of aliphatic carboxylic acids is 1. The Bertz CT molecular complexity index is 417. The predicted octanol–water partition coefficient (Wildman–Crippen LogP) is -0.344. The van der Waals surface area contributed by atoms with Crippen LogP contribution in [-0.4, -0.2) is 33.4 Å². The van der Waals surface area contributed by atoms with E-state index in [1.165, 1.54) is 24.3 Å². The fourth-order valence-electron chi connectivity index (χ4n) is 1.22. The molecule has 6 N–H and O–H groups in total. The number of carbonyl (C=O) groups excluding carboxylic acids is 1. The minimum Gasteiger partial charge on any atom is -0.479 e. The van der Waals surface area contributed by atoms with Crippen LogP contribution in [0.5, 0.6) is 0 Å². The summed E-state index contributed by atoms with van der Waals surface area (Å²) in [6.45, 7) is 0. The third-order valence-corrected chi connectivity index (χ3v) is 2.07. The highest BCUT2D eigenvalue weighted by molar-refractivity contribution is 5.87. The van der Waals surface area contributed by atoms with E-state index >= 15 is 0 Å². The molecular weight excluding hydrogens is 228 g/mol. The molecule has 92 valence electrons. The van der Waals surface area contributed by atoms with E-state index in [0.717, 1.165) is 0 Å². The molecule has 0 spiro atoms. The number of carboxylic acid groups (broad SMARTS) is 1. The molecule has 7 nitrogen and oxygen atoms in total. The van der Waals surface area contributed by atoms with Crippen molar-refractivity contribution in [3.63, 3.8) is 0 Å². The molecule has 17 heavy (non-hydrogen) atoms. The molecule has 0 bridgehead atoms. The first-order valence-corrected chi connectivity index (χ1v) is 4.67. The average Bonchev–Trinajstić information content (AvgIpc) is 2.27. The maximum Gasteiger partial charge on any atom is 0.335 e. The third kappa shape index (κ3) is 3.44. The average molecular weight is 240 g/mol. The lowest BCUT2D eigenvalue weighted by molar-refractivity contribution is -0.153. The van der Waals surface area contributed by atoms with E-state index < -0.39 is 24.2 Å². The van der Waals surface area contributed by atoms with E-state index in [2.05, 4.69) is 5.32 Å². The number of carboxylic acids is 1. The Labute approximate surface area is 96.5 Å². The Kier molecular flexibility index (Phi) is 4.02. The van der Waals surface area contributed by atoms with E-state index in [1.807, 2.05) is 0 Å². The highest BCUT2D eigenvalue weighted by Gasteiger charge is 2.24. The summed E-state index contributed by atoms with van der Waals surface area (Å²) in [6, 6.07) is 4.88. The molecule has 0 saturated carbocycles. The van der Waals surface area contributed by atoms with E-state index in [0.29, 0.717) is 5.69 Å². The zero-order valence-electron chi connectivity index (χ0n) is 8.70. The fraction of sp³-hybridized carbons (Fsp3) is 0.200. The van der Waals surface area contributed by atoms with Crippen molar-refractivity contribution in [2.75, 3.05) is 5.32 Å². The van der Waals surface area contributed by atoms with Gasteiger partial charge in [-0.2, -0.15) is 0 Å². The van der Waals surface area contributed by atoms with Crippen LogP contribution in [0.2, 0.25) is 0 Å². The summed E-state index contributed by atoms with van der Waals surface area (Å²) in [5, 5.41) is 29.4. The van der Waals surface area contributed by atoms with Crippen LogP contribution in [0.4, 0.5) is 10.5 Å². The molecule has 0 aliphatic rings. The van der Waals surface area contributed by atoms with Crippen molar-refractivity contribution < 1.29 is 24.9 Å². The zero-order chi connectivity index (χ0) is 13.0. The summed E-state index contributed by atoms with van der Waals surface area (Å²) in [4.78, 5) is 21.0. The number of aliphatic hydroxyl groups excluding tert-OH is 2. The number of primary amides is 1. The maximum atomic E-state index is 10.5. The van der Waals surface area contributed by atoms with Crippen LogP contribution in [-0.2, 0) is 4.79 Å². The van der Waals surface area contributed by atoms with Crippen LogP contribution in [0.15, 0.2) is 24.3 Å². The Morgan fingerprint density at radius 3 is 2.12 bits per heavy atom. The first-order chi connectivity index (χ1) is 7.91. The molecule has 2 amide bonds. The van der Waals surface area contributed by atoms with Gasteiger partial charge in [0.1, 0.15) is 6.10 Å². The largest absolute Gasteiger partial charge is 0.479 e. The number of amides is 2. The lowest BCUT2D eigenvalue weighted by Crippen LogP contribution is -2.27. The Balaban J connectivity index is 2.80. The molecule has 0 fully saturated rings. The van der Waals surface area contributed by atoms with Gasteiger partial charge in [0.15, 0.2) is 6.10 Å². The molecule has 0 radical (unpaired) electrons. The quantitative estimate of drug-likeness (QED) is 0.490. The van der Waals surface area contributed by atoms with E-state index in [9.17, 15) is 14.7 Å². The van der Waals surface area contributed by atoms with Crippen LogP contribution >= 0.6 is 0 Å². The van der Waals surface area contributed by atoms with Crippen LogP contribution < -0.4 is 11.1 Å². The number of carbonyl (C=O) groups is 2. The molecule has 7 heteroatoms. The van der Waals surface area contributed by atoms with Gasteiger partial charge in [0.2, 0.25) is 0 Å². The van der Waals surface area contributed by atoms with Crippen LogP contribution in [0.1, 0.15) is 11.7 Å². The van der Waals surface area contributed by atoms with Gasteiger partial charge in [0, 0.05) is 5.69 Å². The topological polar surface area (TPSA) is 133 Å². The van der Waals surface area contributed by atoms with Gasteiger partial charge >= 0.3 is 12.0 Å². The number of anilines is 1. The summed E-state index contributed by atoms with van der Waals surface area (Å²) in [5.41, 5.74) is 5.51. The lowest BCUT2D eigenvalue weighted by atomic mass is 10.0. The molecule has 1 rings (SSSR count). The van der Waals surface area contributed by atoms with Crippen molar-refractivity contribution in [2.24, 2.45) is 5.73 Å². The van der Waals surface area contributed by atoms with Crippen LogP contribution in [0, 0.1) is 0 Å². The smallest absolute Gasteiger partial charge is 0.335 e. The number of hydrogen-bond acceptors (Lipinski definition) is 4. The number of nitrogens with two attached hydrogens (primary N) is 1. The SMILES string of the molecule is NC(=O)Nc1ccc(C(O)C(O)C(=O)O)cc1. The number of nitrogens with one attached hydrogen (secondary N) is 1. The lowest BCUT2D eigenvalue weighted by Gasteiger charge is -2.14. The van der Waals surface area contributed by atoms with Gasteiger partial charge in [0.05, 0.1) is 0 Å². The van der Waals surface area contributed by atoms with Gasteiger partial charge in [-0.3, -0.25) is 0 Å². The summed E-state index contributed by atoms with van der Waals surface area (Å²) < 4.78 is 0. The monoisotopic (exact) mass is 240 g/mol. The second kappa shape index (κ2) is 5.28. The molecule has 0 saturated heterocycles. The number of benzene rings is 1. The van der Waals surface area contributed by atoms with E-state index in [-0.39, 0.29) is 5.56 Å². The molecule has 0 heterocycles. The molecule has 0 aliphatic carbocycles. The third-order valence-electron chi connectivity index (χ3n) is 2.07. The Morgan fingerprint density at radius 2 is 1.71 bits per heavy atom. The van der Waals surface area contributed by atoms with Crippen molar-refractivity contribution in [3.05, 3.63) is 29.8 Å². The molecule has 2 atom stereocenters. The fourth-order valence-corrected chi connectivity index (χ4v) is 1.22. The normalized spacial score (nSPS) is 13.8. The van der Waals surface area contributed by atoms with Crippen molar-refractivity contribution in [3.8, 4) is 0 Å². The highest BCUT2D eigenvalue weighted by Crippen LogP contribution is 2.19. The molecule has 2 unspecified atom stereocenters. The number of hydrogen-bond donors (Lipinski definition) is 5. The molecule has 1 aromatic rings. The van der Waals surface area contributed by atoms with Crippen molar-refractivity contribution in [1.29, 1.82) is 0 Å². The second-order valence-electron chi connectivity index (χ2n) is 3.34. The summed E-state index contributed by atoms with van der Waals surface area (Å²) >= 11 is 0. The minimum atomic E-state index is -1.90. The van der Waals surface area contributed by atoms with Crippen molar-refractivity contribution in [1.82, 2.24) is 0 Å². The van der Waals surface area contributed by atoms with Gasteiger partial charge in [-0.25, -0.2) is 9.59 Å². The van der Waals surface area contributed by atoms with Gasteiger partial charge in [0.25, 0.3) is 0 Å². The van der Waals surface area contributed by atoms with Gasteiger partial charge in [-0.15, -0.1) is 0 Å². The Hall–Kier alpha value is -2.12. The van der Waals surface area contributed by atoms with E-state index in [1.54, 1.807) is 0 Å². The Morgan fingerprint density at radius 1 is 1.18 bits per heavy atom. The van der Waals surface area contributed by atoms with Gasteiger partial charge in [-0.05, 0) is 17.7 Å². The summed E-state index contributed by atoms with van der Waals surface area (Å²) in [5.74, 6) is -1.52. The zero-order valence-corrected chi connectivity index (χ0v) is 8.70. The molecule has 1 aromatic carbocycles.